The first-order valence-corrected chi connectivity index (χ1v) is 8.15. The second kappa shape index (κ2) is 7.15. The number of piperidine rings is 1. The minimum absolute atomic E-state index is 1.02. The number of rotatable bonds is 1. The Bertz CT molecular complexity index is 768. The number of allylic oxidation sites excluding steroid dienone is 1. The smallest absolute Gasteiger partial charge is 0.131 e. The molecule has 2 heteroatoms. The Labute approximate surface area is 138 Å². The molecule has 0 unspecified atom stereocenters. The van der Waals surface area contributed by atoms with Crippen molar-refractivity contribution in [3.8, 4) is 11.8 Å². The molecule has 3 rings (SSSR count). The van der Waals surface area contributed by atoms with E-state index in [1.165, 1.54) is 16.7 Å². The molecule has 1 saturated heterocycles. The van der Waals surface area contributed by atoms with E-state index in [9.17, 15) is 0 Å². The lowest BCUT2D eigenvalue weighted by molar-refractivity contribution is 0.675. The Balaban J connectivity index is 1.62. The molecule has 1 aromatic heterocycles. The molecule has 0 amide bonds. The van der Waals surface area contributed by atoms with Gasteiger partial charge in [0.25, 0.3) is 0 Å². The molecule has 0 radical (unpaired) electrons. The molecule has 2 heterocycles. The van der Waals surface area contributed by atoms with Gasteiger partial charge in [0, 0.05) is 24.8 Å². The SMILES string of the molecule is Cc1cccc(C#CC=C2CCN(c3ncccc3C)CC2)c1. The van der Waals surface area contributed by atoms with E-state index in [4.69, 9.17) is 0 Å². The minimum Gasteiger partial charge on any atom is -0.356 e. The quantitative estimate of drug-likeness (QED) is 0.731. The van der Waals surface area contributed by atoms with Gasteiger partial charge in [0.15, 0.2) is 0 Å². The molecule has 1 aliphatic rings. The molecule has 0 N–H and O–H groups in total. The van der Waals surface area contributed by atoms with E-state index in [1.807, 2.05) is 12.3 Å². The third-order valence-corrected chi connectivity index (χ3v) is 4.20. The molecule has 0 bridgehead atoms. The molecule has 1 aliphatic heterocycles. The number of aryl methyl sites for hydroxylation is 2. The monoisotopic (exact) mass is 302 g/mol. The third-order valence-electron chi connectivity index (χ3n) is 4.20. The van der Waals surface area contributed by atoms with Gasteiger partial charge in [0.05, 0.1) is 0 Å². The van der Waals surface area contributed by atoms with Gasteiger partial charge in [0.1, 0.15) is 5.82 Å². The zero-order valence-corrected chi connectivity index (χ0v) is 13.8. The Morgan fingerprint density at radius 2 is 1.91 bits per heavy atom. The van der Waals surface area contributed by atoms with Gasteiger partial charge in [-0.1, -0.05) is 35.6 Å². The van der Waals surface area contributed by atoms with Gasteiger partial charge in [0.2, 0.25) is 0 Å². The normalized spacial score (nSPS) is 14.2. The summed E-state index contributed by atoms with van der Waals surface area (Å²) in [7, 11) is 0. The van der Waals surface area contributed by atoms with Crippen LogP contribution in [0.25, 0.3) is 0 Å². The molecular weight excluding hydrogens is 280 g/mol. The van der Waals surface area contributed by atoms with E-state index in [-0.39, 0.29) is 0 Å². The maximum atomic E-state index is 4.52. The highest BCUT2D eigenvalue weighted by molar-refractivity contribution is 5.47. The van der Waals surface area contributed by atoms with Gasteiger partial charge in [-0.3, -0.25) is 0 Å². The standard InChI is InChI=1S/C21H22N2/c1-17-6-3-9-20(16-17)10-4-8-19-11-14-23(15-12-19)21-18(2)7-5-13-22-21/h3,5-9,13,16H,11-12,14-15H2,1-2H3. The van der Waals surface area contributed by atoms with E-state index >= 15 is 0 Å². The predicted octanol–water partition coefficient (Wildman–Crippen LogP) is 4.28. The molecule has 0 atom stereocenters. The van der Waals surface area contributed by atoms with Crippen LogP contribution >= 0.6 is 0 Å². The fourth-order valence-electron chi connectivity index (χ4n) is 2.90. The molecule has 23 heavy (non-hydrogen) atoms. The molecule has 2 nitrogen and oxygen atoms in total. The van der Waals surface area contributed by atoms with Crippen molar-refractivity contribution in [2.75, 3.05) is 18.0 Å². The zero-order valence-electron chi connectivity index (χ0n) is 13.8. The maximum Gasteiger partial charge on any atom is 0.131 e. The highest BCUT2D eigenvalue weighted by Gasteiger charge is 2.16. The largest absolute Gasteiger partial charge is 0.356 e. The molecule has 0 spiro atoms. The number of anilines is 1. The van der Waals surface area contributed by atoms with Crippen LogP contribution in [0.5, 0.6) is 0 Å². The second-order valence-corrected chi connectivity index (χ2v) is 6.07. The van der Waals surface area contributed by atoms with Gasteiger partial charge in [-0.15, -0.1) is 0 Å². The molecular formula is C21H22N2. The summed E-state index contributed by atoms with van der Waals surface area (Å²) in [6.07, 6.45) is 6.11. The summed E-state index contributed by atoms with van der Waals surface area (Å²) < 4.78 is 0. The van der Waals surface area contributed by atoms with Crippen molar-refractivity contribution in [1.82, 2.24) is 4.98 Å². The number of aromatic nitrogens is 1. The molecule has 116 valence electrons. The van der Waals surface area contributed by atoms with Gasteiger partial charge in [-0.2, -0.15) is 0 Å². The molecule has 0 aliphatic carbocycles. The average molecular weight is 302 g/mol. The first-order valence-electron chi connectivity index (χ1n) is 8.15. The van der Waals surface area contributed by atoms with Gasteiger partial charge in [-0.25, -0.2) is 4.98 Å². The average Bonchev–Trinajstić information content (AvgIpc) is 2.56. The van der Waals surface area contributed by atoms with Crippen LogP contribution < -0.4 is 4.90 Å². The minimum atomic E-state index is 1.02. The van der Waals surface area contributed by atoms with Crippen molar-refractivity contribution in [3.63, 3.8) is 0 Å². The Kier molecular flexibility index (Phi) is 4.78. The zero-order chi connectivity index (χ0) is 16.1. The van der Waals surface area contributed by atoms with Crippen molar-refractivity contribution in [2.24, 2.45) is 0 Å². The summed E-state index contributed by atoms with van der Waals surface area (Å²) in [6, 6.07) is 12.5. The van der Waals surface area contributed by atoms with Crippen LogP contribution in [0.3, 0.4) is 0 Å². The van der Waals surface area contributed by atoms with Crippen LogP contribution in [0.1, 0.15) is 29.5 Å². The summed E-state index contributed by atoms with van der Waals surface area (Å²) >= 11 is 0. The van der Waals surface area contributed by atoms with Crippen molar-refractivity contribution in [1.29, 1.82) is 0 Å². The first-order chi connectivity index (χ1) is 11.2. The number of hydrogen-bond donors (Lipinski definition) is 0. The van der Waals surface area contributed by atoms with Crippen molar-refractivity contribution < 1.29 is 0 Å². The lowest BCUT2D eigenvalue weighted by atomic mass is 10.0. The fourth-order valence-corrected chi connectivity index (χ4v) is 2.90. The highest BCUT2D eigenvalue weighted by atomic mass is 15.2. The van der Waals surface area contributed by atoms with Gasteiger partial charge in [-0.05, 0) is 62.1 Å². The number of nitrogens with zero attached hydrogens (tertiary/aromatic N) is 2. The maximum absolute atomic E-state index is 4.52. The number of pyridine rings is 1. The second-order valence-electron chi connectivity index (χ2n) is 6.07. The van der Waals surface area contributed by atoms with Gasteiger partial charge < -0.3 is 4.90 Å². The Hall–Kier alpha value is -2.53. The highest BCUT2D eigenvalue weighted by Crippen LogP contribution is 2.23. The van der Waals surface area contributed by atoms with Crippen molar-refractivity contribution >= 4 is 5.82 Å². The topological polar surface area (TPSA) is 16.1 Å². The van der Waals surface area contributed by atoms with E-state index in [2.05, 4.69) is 72.0 Å². The van der Waals surface area contributed by atoms with Crippen LogP contribution in [0, 0.1) is 25.7 Å². The molecule has 1 fully saturated rings. The number of benzene rings is 1. The predicted molar refractivity (Wildman–Crippen MR) is 96.6 cm³/mol. The van der Waals surface area contributed by atoms with Crippen molar-refractivity contribution in [3.05, 3.63) is 70.9 Å². The fraction of sp³-hybridized carbons (Fsp3) is 0.286. The van der Waals surface area contributed by atoms with Crippen molar-refractivity contribution in [2.45, 2.75) is 26.7 Å². The Morgan fingerprint density at radius 3 is 2.65 bits per heavy atom. The molecule has 1 aromatic carbocycles. The third kappa shape index (κ3) is 4.02. The Morgan fingerprint density at radius 1 is 1.09 bits per heavy atom. The summed E-state index contributed by atoms with van der Waals surface area (Å²) in [5.41, 5.74) is 5.03. The summed E-state index contributed by atoms with van der Waals surface area (Å²) in [6.45, 7) is 6.27. The summed E-state index contributed by atoms with van der Waals surface area (Å²) in [4.78, 5) is 6.89. The lowest BCUT2D eigenvalue weighted by Crippen LogP contribution is -2.31. The van der Waals surface area contributed by atoms with E-state index in [1.54, 1.807) is 0 Å². The summed E-state index contributed by atoms with van der Waals surface area (Å²) in [5, 5.41) is 0. The van der Waals surface area contributed by atoms with E-state index in [0.29, 0.717) is 0 Å². The van der Waals surface area contributed by atoms with Crippen LogP contribution in [-0.2, 0) is 0 Å². The molecule has 2 aromatic rings. The van der Waals surface area contributed by atoms with Crippen LogP contribution in [0.4, 0.5) is 5.82 Å². The van der Waals surface area contributed by atoms with Crippen LogP contribution in [0.2, 0.25) is 0 Å². The lowest BCUT2D eigenvalue weighted by Gasteiger charge is -2.30. The van der Waals surface area contributed by atoms with Crippen LogP contribution in [-0.4, -0.2) is 18.1 Å². The summed E-state index contributed by atoms with van der Waals surface area (Å²) in [5.74, 6) is 7.57. The van der Waals surface area contributed by atoms with Crippen LogP contribution in [0.15, 0.2) is 54.2 Å². The van der Waals surface area contributed by atoms with E-state index < -0.39 is 0 Å². The molecule has 0 saturated carbocycles. The van der Waals surface area contributed by atoms with E-state index in [0.717, 1.165) is 37.3 Å². The number of hydrogen-bond acceptors (Lipinski definition) is 2. The van der Waals surface area contributed by atoms with Gasteiger partial charge >= 0.3 is 0 Å². The first kappa shape index (κ1) is 15.4.